The standard InChI is InChI=1S/C15H13N3O5S/c19-11(8-23-12-3-1-2-10(6-12)18(21)22)7-17-9-16-14-13(15(17)20)4-5-24-14/h1-6,9,11,19H,7-8H2/t11-/m0/s1. The van der Waals surface area contributed by atoms with Crippen LogP contribution < -0.4 is 10.3 Å². The minimum Gasteiger partial charge on any atom is -0.491 e. The van der Waals surface area contributed by atoms with E-state index >= 15 is 0 Å². The zero-order valence-electron chi connectivity index (χ0n) is 12.4. The van der Waals surface area contributed by atoms with Crippen LogP contribution in [0.3, 0.4) is 0 Å². The van der Waals surface area contributed by atoms with Gasteiger partial charge in [-0.3, -0.25) is 19.5 Å². The molecule has 1 N–H and O–H groups in total. The maximum atomic E-state index is 12.2. The first-order valence-electron chi connectivity index (χ1n) is 7.02. The summed E-state index contributed by atoms with van der Waals surface area (Å²) in [5, 5.41) is 23.0. The van der Waals surface area contributed by atoms with Crippen LogP contribution >= 0.6 is 11.3 Å². The van der Waals surface area contributed by atoms with E-state index in [0.29, 0.717) is 10.2 Å². The van der Waals surface area contributed by atoms with Crippen molar-refractivity contribution in [2.45, 2.75) is 12.6 Å². The molecule has 2 aromatic heterocycles. The van der Waals surface area contributed by atoms with Gasteiger partial charge in [-0.15, -0.1) is 11.3 Å². The summed E-state index contributed by atoms with van der Waals surface area (Å²) < 4.78 is 6.67. The van der Waals surface area contributed by atoms with Crippen molar-refractivity contribution in [1.29, 1.82) is 0 Å². The molecule has 9 heteroatoms. The molecule has 0 aliphatic carbocycles. The number of nitro benzene ring substituents is 1. The highest BCUT2D eigenvalue weighted by atomic mass is 32.1. The van der Waals surface area contributed by atoms with E-state index in [2.05, 4.69) is 4.98 Å². The van der Waals surface area contributed by atoms with E-state index in [1.54, 1.807) is 17.5 Å². The first kappa shape index (κ1) is 16.1. The van der Waals surface area contributed by atoms with Gasteiger partial charge in [0.25, 0.3) is 11.2 Å². The van der Waals surface area contributed by atoms with Crippen LogP contribution in [0.5, 0.6) is 5.75 Å². The fraction of sp³-hybridized carbons (Fsp3) is 0.200. The number of rotatable bonds is 6. The Morgan fingerprint density at radius 1 is 1.42 bits per heavy atom. The van der Waals surface area contributed by atoms with E-state index in [1.165, 1.54) is 40.4 Å². The monoisotopic (exact) mass is 347 g/mol. The Bertz CT molecular complexity index is 936. The Hall–Kier alpha value is -2.78. The number of hydrogen-bond acceptors (Lipinski definition) is 7. The zero-order valence-corrected chi connectivity index (χ0v) is 13.2. The quantitative estimate of drug-likeness (QED) is 0.538. The van der Waals surface area contributed by atoms with Gasteiger partial charge in [0.05, 0.1) is 29.2 Å². The van der Waals surface area contributed by atoms with E-state index in [4.69, 9.17) is 4.74 Å². The second-order valence-electron chi connectivity index (χ2n) is 5.06. The highest BCUT2D eigenvalue weighted by Crippen LogP contribution is 2.19. The normalized spacial score (nSPS) is 12.2. The van der Waals surface area contributed by atoms with E-state index in [9.17, 15) is 20.0 Å². The summed E-state index contributed by atoms with van der Waals surface area (Å²) in [4.78, 5) is 27.2. The molecular formula is C15H13N3O5S. The lowest BCUT2D eigenvalue weighted by atomic mass is 10.3. The van der Waals surface area contributed by atoms with Crippen LogP contribution in [0.25, 0.3) is 10.2 Å². The average Bonchev–Trinajstić information content (AvgIpc) is 3.05. The predicted molar refractivity (Wildman–Crippen MR) is 88.5 cm³/mol. The van der Waals surface area contributed by atoms with Gasteiger partial charge in [0, 0.05) is 6.07 Å². The summed E-state index contributed by atoms with van der Waals surface area (Å²) in [6, 6.07) is 7.38. The minimum atomic E-state index is -0.958. The molecule has 1 aromatic carbocycles. The molecule has 8 nitrogen and oxygen atoms in total. The van der Waals surface area contributed by atoms with Crippen LogP contribution in [0.4, 0.5) is 5.69 Å². The fourth-order valence-electron chi connectivity index (χ4n) is 2.18. The van der Waals surface area contributed by atoms with Crippen LogP contribution in [0.15, 0.2) is 46.8 Å². The number of nitro groups is 1. The Balaban J connectivity index is 1.66. The molecule has 0 aliphatic heterocycles. The van der Waals surface area contributed by atoms with Gasteiger partial charge in [-0.25, -0.2) is 4.98 Å². The number of nitrogens with zero attached hydrogens (tertiary/aromatic N) is 3. The Morgan fingerprint density at radius 2 is 2.25 bits per heavy atom. The van der Waals surface area contributed by atoms with Gasteiger partial charge in [0.1, 0.15) is 23.3 Å². The number of non-ortho nitro benzene ring substituents is 1. The van der Waals surface area contributed by atoms with E-state index in [-0.39, 0.29) is 30.1 Å². The van der Waals surface area contributed by atoms with Crippen molar-refractivity contribution in [1.82, 2.24) is 9.55 Å². The summed E-state index contributed by atoms with van der Waals surface area (Å²) >= 11 is 1.37. The highest BCUT2D eigenvalue weighted by Gasteiger charge is 2.12. The van der Waals surface area contributed by atoms with Crippen LogP contribution in [-0.4, -0.2) is 32.3 Å². The lowest BCUT2D eigenvalue weighted by molar-refractivity contribution is -0.384. The van der Waals surface area contributed by atoms with Crippen molar-refractivity contribution >= 4 is 27.2 Å². The number of benzene rings is 1. The number of aliphatic hydroxyl groups is 1. The van der Waals surface area contributed by atoms with Gasteiger partial charge in [0.2, 0.25) is 0 Å². The number of hydrogen-bond donors (Lipinski definition) is 1. The van der Waals surface area contributed by atoms with Crippen LogP contribution in [-0.2, 0) is 6.54 Å². The van der Waals surface area contributed by atoms with E-state index in [0.717, 1.165) is 0 Å². The van der Waals surface area contributed by atoms with Crippen molar-refractivity contribution in [2.75, 3.05) is 6.61 Å². The number of aromatic nitrogens is 2. The maximum absolute atomic E-state index is 12.2. The Labute approximate surface area is 139 Å². The molecule has 0 aliphatic rings. The first-order valence-corrected chi connectivity index (χ1v) is 7.90. The first-order chi connectivity index (χ1) is 11.5. The molecule has 0 bridgehead atoms. The highest BCUT2D eigenvalue weighted by molar-refractivity contribution is 7.16. The molecule has 124 valence electrons. The lowest BCUT2D eigenvalue weighted by Crippen LogP contribution is -2.30. The van der Waals surface area contributed by atoms with Crippen LogP contribution in [0, 0.1) is 10.1 Å². The SMILES string of the molecule is O=c1c2ccsc2ncn1C[C@H](O)COc1cccc([N+](=O)[O-])c1. The van der Waals surface area contributed by atoms with E-state index < -0.39 is 11.0 Å². The molecule has 0 spiro atoms. The lowest BCUT2D eigenvalue weighted by Gasteiger charge is -2.13. The molecule has 1 atom stereocenters. The van der Waals surface area contributed by atoms with Crippen molar-refractivity contribution in [3.8, 4) is 5.75 Å². The average molecular weight is 347 g/mol. The minimum absolute atomic E-state index is 0.0204. The van der Waals surface area contributed by atoms with Gasteiger partial charge in [0.15, 0.2) is 0 Å². The summed E-state index contributed by atoms with van der Waals surface area (Å²) in [7, 11) is 0. The molecule has 0 fully saturated rings. The summed E-state index contributed by atoms with van der Waals surface area (Å²) in [5.41, 5.74) is -0.319. The van der Waals surface area contributed by atoms with Crippen LogP contribution in [0.1, 0.15) is 0 Å². The molecule has 2 heterocycles. The van der Waals surface area contributed by atoms with Crippen molar-refractivity contribution in [3.63, 3.8) is 0 Å². The number of fused-ring (bicyclic) bond motifs is 1. The molecule has 0 unspecified atom stereocenters. The Morgan fingerprint density at radius 3 is 3.04 bits per heavy atom. The van der Waals surface area contributed by atoms with Gasteiger partial charge in [-0.05, 0) is 17.5 Å². The zero-order chi connectivity index (χ0) is 17.1. The number of aliphatic hydroxyl groups excluding tert-OH is 1. The molecule has 0 saturated heterocycles. The van der Waals surface area contributed by atoms with Crippen molar-refractivity contribution < 1.29 is 14.8 Å². The molecule has 0 radical (unpaired) electrons. The number of thiophene rings is 1. The molecule has 3 rings (SSSR count). The molecule has 0 saturated carbocycles. The largest absolute Gasteiger partial charge is 0.491 e. The van der Waals surface area contributed by atoms with Gasteiger partial charge < -0.3 is 9.84 Å². The molecule has 3 aromatic rings. The topological polar surface area (TPSA) is 107 Å². The maximum Gasteiger partial charge on any atom is 0.273 e. The van der Waals surface area contributed by atoms with Gasteiger partial charge >= 0.3 is 0 Å². The number of ether oxygens (including phenoxy) is 1. The summed E-state index contributed by atoms with van der Waals surface area (Å²) in [6.45, 7) is -0.0815. The summed E-state index contributed by atoms with van der Waals surface area (Å²) in [6.07, 6.45) is 0.428. The summed E-state index contributed by atoms with van der Waals surface area (Å²) in [5.74, 6) is 0.280. The van der Waals surface area contributed by atoms with Crippen molar-refractivity contribution in [2.24, 2.45) is 0 Å². The third-order valence-corrected chi connectivity index (χ3v) is 4.15. The predicted octanol–water partition coefficient (Wildman–Crippen LogP) is 1.81. The van der Waals surface area contributed by atoms with Gasteiger partial charge in [-0.2, -0.15) is 0 Å². The van der Waals surface area contributed by atoms with Gasteiger partial charge in [-0.1, -0.05) is 6.07 Å². The molecule has 24 heavy (non-hydrogen) atoms. The second-order valence-corrected chi connectivity index (χ2v) is 5.96. The van der Waals surface area contributed by atoms with E-state index in [1.807, 2.05) is 0 Å². The molecule has 0 amide bonds. The third-order valence-electron chi connectivity index (χ3n) is 3.33. The smallest absolute Gasteiger partial charge is 0.273 e. The van der Waals surface area contributed by atoms with Crippen molar-refractivity contribution in [3.05, 3.63) is 62.5 Å². The van der Waals surface area contributed by atoms with Crippen LogP contribution in [0.2, 0.25) is 0 Å². The third kappa shape index (κ3) is 3.42. The molecular weight excluding hydrogens is 334 g/mol. The fourth-order valence-corrected chi connectivity index (χ4v) is 2.91. The Kier molecular flexibility index (Phi) is 4.54. The second kappa shape index (κ2) is 6.77.